The van der Waals surface area contributed by atoms with Crippen LogP contribution in [0.4, 0.5) is 5.69 Å². The fourth-order valence-corrected chi connectivity index (χ4v) is 4.08. The molecule has 0 radical (unpaired) electrons. The van der Waals surface area contributed by atoms with Crippen LogP contribution in [0.25, 0.3) is 10.9 Å². The lowest BCUT2D eigenvalue weighted by Gasteiger charge is -2.15. The van der Waals surface area contributed by atoms with Crippen molar-refractivity contribution < 1.29 is 23.8 Å². The van der Waals surface area contributed by atoms with Gasteiger partial charge in [0.25, 0.3) is 5.91 Å². The second-order valence-corrected chi connectivity index (χ2v) is 7.68. The number of fused-ring (bicyclic) bond motifs is 2. The van der Waals surface area contributed by atoms with E-state index < -0.39 is 18.5 Å². The number of carbonyl (C=O) groups excluding carboxylic acids is 2. The first-order valence-corrected chi connectivity index (χ1v) is 10.7. The molecule has 32 heavy (non-hydrogen) atoms. The average molecular weight is 434 g/mol. The maximum atomic E-state index is 13.1. The van der Waals surface area contributed by atoms with E-state index in [1.165, 1.54) is 14.2 Å². The second-order valence-electron chi connectivity index (χ2n) is 7.68. The van der Waals surface area contributed by atoms with Gasteiger partial charge in [-0.2, -0.15) is 0 Å². The monoisotopic (exact) mass is 434 g/mol. The van der Waals surface area contributed by atoms with Gasteiger partial charge in [0.15, 0.2) is 6.61 Å². The van der Waals surface area contributed by atoms with E-state index in [-0.39, 0.29) is 0 Å². The van der Waals surface area contributed by atoms with Gasteiger partial charge >= 0.3 is 5.97 Å². The number of hydrogen-bond acceptors (Lipinski definition) is 6. The molecule has 7 heteroatoms. The van der Waals surface area contributed by atoms with E-state index in [0.29, 0.717) is 22.7 Å². The summed E-state index contributed by atoms with van der Waals surface area (Å²) < 4.78 is 15.9. The number of para-hydroxylation sites is 1. The minimum absolute atomic E-state index is 0.412. The van der Waals surface area contributed by atoms with Crippen LogP contribution in [0.2, 0.25) is 0 Å². The third kappa shape index (κ3) is 4.51. The van der Waals surface area contributed by atoms with Gasteiger partial charge in [-0.1, -0.05) is 24.6 Å². The summed E-state index contributed by atoms with van der Waals surface area (Å²) in [7, 11) is 3.05. The molecular weight excluding hydrogens is 408 g/mol. The Morgan fingerprint density at radius 2 is 1.81 bits per heavy atom. The Morgan fingerprint density at radius 1 is 1.00 bits per heavy atom. The number of pyridine rings is 1. The van der Waals surface area contributed by atoms with Crippen LogP contribution in [0, 0.1) is 0 Å². The molecule has 0 aliphatic heterocycles. The van der Waals surface area contributed by atoms with Gasteiger partial charge in [-0.15, -0.1) is 0 Å². The van der Waals surface area contributed by atoms with Crippen molar-refractivity contribution in [2.24, 2.45) is 0 Å². The summed E-state index contributed by atoms with van der Waals surface area (Å²) in [5, 5.41) is 3.48. The summed E-state index contributed by atoms with van der Waals surface area (Å²) in [4.78, 5) is 30.5. The van der Waals surface area contributed by atoms with Gasteiger partial charge < -0.3 is 19.5 Å². The van der Waals surface area contributed by atoms with Crippen LogP contribution in [0.15, 0.2) is 42.5 Å². The Labute approximate surface area is 186 Å². The molecule has 2 aromatic carbocycles. The molecule has 1 amide bonds. The summed E-state index contributed by atoms with van der Waals surface area (Å²) in [5.74, 6) is 0.0869. The molecule has 0 bridgehead atoms. The third-order valence-electron chi connectivity index (χ3n) is 5.64. The number of methoxy groups -OCH3 is 2. The Hall–Kier alpha value is -3.61. The number of nitrogens with zero attached hydrogens (tertiary/aromatic N) is 1. The predicted molar refractivity (Wildman–Crippen MR) is 121 cm³/mol. The van der Waals surface area contributed by atoms with E-state index in [4.69, 9.17) is 19.2 Å². The molecule has 0 fully saturated rings. The Balaban J connectivity index is 1.55. The van der Waals surface area contributed by atoms with Gasteiger partial charge in [0.2, 0.25) is 0 Å². The normalized spacial score (nSPS) is 13.1. The molecule has 0 spiro atoms. The smallest absolute Gasteiger partial charge is 0.339 e. The molecule has 166 valence electrons. The predicted octanol–water partition coefficient (Wildman–Crippen LogP) is 4.32. The Kier molecular flexibility index (Phi) is 6.54. The van der Waals surface area contributed by atoms with E-state index in [1.54, 1.807) is 18.2 Å². The van der Waals surface area contributed by atoms with Gasteiger partial charge in [0.1, 0.15) is 11.5 Å². The fourth-order valence-electron chi connectivity index (χ4n) is 4.08. The molecule has 7 nitrogen and oxygen atoms in total. The molecule has 1 N–H and O–H groups in total. The lowest BCUT2D eigenvalue weighted by Crippen LogP contribution is -2.22. The molecule has 0 saturated carbocycles. The lowest BCUT2D eigenvalue weighted by atomic mass is 9.97. The van der Waals surface area contributed by atoms with Crippen molar-refractivity contribution in [1.82, 2.24) is 4.98 Å². The van der Waals surface area contributed by atoms with Crippen molar-refractivity contribution in [2.45, 2.75) is 32.1 Å². The number of nitrogens with one attached hydrogen (secondary N) is 1. The molecule has 4 rings (SSSR count). The van der Waals surface area contributed by atoms with Crippen molar-refractivity contribution in [1.29, 1.82) is 0 Å². The highest BCUT2D eigenvalue weighted by molar-refractivity contribution is 6.06. The Morgan fingerprint density at radius 3 is 2.62 bits per heavy atom. The molecule has 1 heterocycles. The first-order chi connectivity index (χ1) is 15.6. The zero-order valence-electron chi connectivity index (χ0n) is 18.3. The summed E-state index contributed by atoms with van der Waals surface area (Å²) in [6.07, 6.45) is 4.79. The number of aromatic nitrogens is 1. The van der Waals surface area contributed by atoms with Gasteiger partial charge in [-0.05, 0) is 49.4 Å². The van der Waals surface area contributed by atoms with Crippen LogP contribution in [0.5, 0.6) is 11.5 Å². The van der Waals surface area contributed by atoms with Crippen LogP contribution < -0.4 is 14.8 Å². The Bertz CT molecular complexity index is 1160. The molecule has 1 aromatic heterocycles. The SMILES string of the molecule is COc1ccc(OC)c(NC(=O)COC(=O)c2c3c(nc4ccccc24)CCCCC3)c1. The summed E-state index contributed by atoms with van der Waals surface area (Å²) in [6, 6.07) is 12.6. The van der Waals surface area contributed by atoms with Crippen molar-refractivity contribution in [2.75, 3.05) is 26.1 Å². The number of hydrogen-bond donors (Lipinski definition) is 1. The second kappa shape index (κ2) is 9.68. The number of esters is 1. The number of anilines is 1. The van der Waals surface area contributed by atoms with Crippen molar-refractivity contribution in [3.05, 3.63) is 59.3 Å². The zero-order chi connectivity index (χ0) is 22.5. The minimum atomic E-state index is -0.505. The molecule has 0 saturated heterocycles. The van der Waals surface area contributed by atoms with E-state index in [0.717, 1.165) is 54.3 Å². The molecular formula is C25H26N2O5. The fraction of sp³-hybridized carbons (Fsp3) is 0.320. The van der Waals surface area contributed by atoms with Crippen LogP contribution in [0.3, 0.4) is 0 Å². The first kappa shape index (κ1) is 21.6. The average Bonchev–Trinajstić information content (AvgIpc) is 3.06. The summed E-state index contributed by atoms with van der Waals surface area (Å²) in [5.41, 5.74) is 3.64. The molecule has 1 aliphatic carbocycles. The van der Waals surface area contributed by atoms with Gasteiger partial charge in [-0.25, -0.2) is 4.79 Å². The number of ether oxygens (including phenoxy) is 3. The van der Waals surface area contributed by atoms with Crippen LogP contribution in [0.1, 0.15) is 40.9 Å². The summed E-state index contributed by atoms with van der Waals surface area (Å²) in [6.45, 7) is -0.412. The maximum absolute atomic E-state index is 13.1. The largest absolute Gasteiger partial charge is 0.497 e. The highest BCUT2D eigenvalue weighted by Crippen LogP contribution is 2.30. The van der Waals surface area contributed by atoms with E-state index in [1.807, 2.05) is 24.3 Å². The first-order valence-electron chi connectivity index (χ1n) is 10.7. The van der Waals surface area contributed by atoms with E-state index in [2.05, 4.69) is 5.32 Å². The van der Waals surface area contributed by atoms with Crippen LogP contribution in [-0.2, 0) is 22.4 Å². The quantitative estimate of drug-likeness (QED) is 0.459. The third-order valence-corrected chi connectivity index (χ3v) is 5.64. The number of benzene rings is 2. The van der Waals surface area contributed by atoms with Gasteiger partial charge in [0, 0.05) is 17.1 Å². The minimum Gasteiger partial charge on any atom is -0.497 e. The van der Waals surface area contributed by atoms with Crippen LogP contribution in [-0.4, -0.2) is 37.7 Å². The number of aryl methyl sites for hydroxylation is 1. The standard InChI is InChI=1S/C25H26N2O5/c1-30-16-12-13-22(31-2)21(14-16)27-23(28)15-32-25(29)24-17-8-4-3-5-10-19(17)26-20-11-7-6-9-18(20)24/h6-7,9,11-14H,3-5,8,10,15H2,1-2H3,(H,27,28). The zero-order valence-corrected chi connectivity index (χ0v) is 18.3. The van der Waals surface area contributed by atoms with Crippen molar-refractivity contribution in [3.63, 3.8) is 0 Å². The van der Waals surface area contributed by atoms with Gasteiger partial charge in [-0.3, -0.25) is 9.78 Å². The molecule has 3 aromatic rings. The molecule has 1 aliphatic rings. The number of amides is 1. The topological polar surface area (TPSA) is 86.8 Å². The van der Waals surface area contributed by atoms with E-state index in [9.17, 15) is 9.59 Å². The lowest BCUT2D eigenvalue weighted by molar-refractivity contribution is -0.119. The highest BCUT2D eigenvalue weighted by atomic mass is 16.5. The maximum Gasteiger partial charge on any atom is 0.339 e. The summed E-state index contributed by atoms with van der Waals surface area (Å²) >= 11 is 0. The van der Waals surface area contributed by atoms with E-state index >= 15 is 0 Å². The van der Waals surface area contributed by atoms with Gasteiger partial charge in [0.05, 0.1) is 31.0 Å². The van der Waals surface area contributed by atoms with Crippen LogP contribution >= 0.6 is 0 Å². The highest BCUT2D eigenvalue weighted by Gasteiger charge is 2.23. The van der Waals surface area contributed by atoms with Crippen molar-refractivity contribution >= 4 is 28.5 Å². The molecule has 0 unspecified atom stereocenters. The molecule has 0 atom stereocenters. The number of rotatable bonds is 6. The number of carbonyl (C=O) groups is 2. The van der Waals surface area contributed by atoms with Crippen molar-refractivity contribution in [3.8, 4) is 11.5 Å².